The molecule has 0 heterocycles. The largest absolute Gasteiger partial charge is 0.491 e. The van der Waals surface area contributed by atoms with Crippen molar-refractivity contribution >= 4 is 6.21 Å². The molecule has 5 heteroatoms. The lowest BCUT2D eigenvalue weighted by atomic mass is 10.1. The van der Waals surface area contributed by atoms with Crippen molar-refractivity contribution in [3.8, 4) is 17.2 Å². The lowest BCUT2D eigenvalue weighted by molar-refractivity contribution is 0.129. The molecule has 0 radical (unpaired) electrons. The van der Waals surface area contributed by atoms with Gasteiger partial charge in [-0.2, -0.15) is 0 Å². The van der Waals surface area contributed by atoms with Gasteiger partial charge in [-0.3, -0.25) is 0 Å². The maximum atomic E-state index is 6.25. The van der Waals surface area contributed by atoms with Gasteiger partial charge in [-0.1, -0.05) is 17.3 Å². The van der Waals surface area contributed by atoms with Crippen LogP contribution in [-0.2, 0) is 4.84 Å². The lowest BCUT2D eigenvalue weighted by Gasteiger charge is -2.22. The van der Waals surface area contributed by atoms with Crippen LogP contribution in [0.25, 0.3) is 0 Å². The number of rotatable bonds is 11. The Kier molecular flexibility index (Phi) is 9.26. The summed E-state index contributed by atoms with van der Waals surface area (Å²) < 4.78 is 18.0. The van der Waals surface area contributed by atoms with Gasteiger partial charge < -0.3 is 19.0 Å². The number of hydrogen-bond acceptors (Lipinski definition) is 5. The Bertz CT molecular complexity index is 820. The minimum absolute atomic E-state index is 0.0142. The van der Waals surface area contributed by atoms with Crippen LogP contribution in [0.3, 0.4) is 0 Å². The standard InChI is InChI=1S/C25H33NO4/c1-7-8-13-28-24-14-18(2)25(19(3)15-24)30-21(5)16-20(4)29-23-11-9-22(10-12-23)17-26-27-6/h7-12,14-15,17,20-21H,13,16H2,1-6H3/b8-7+,26-17+. The second kappa shape index (κ2) is 11.9. The van der Waals surface area contributed by atoms with Crippen molar-refractivity contribution in [3.05, 3.63) is 65.2 Å². The molecule has 0 fully saturated rings. The Hall–Kier alpha value is -2.95. The topological polar surface area (TPSA) is 49.3 Å². The Labute approximate surface area is 180 Å². The quantitative estimate of drug-likeness (QED) is 0.264. The average Bonchev–Trinajstić information content (AvgIpc) is 2.70. The molecule has 0 spiro atoms. The summed E-state index contributed by atoms with van der Waals surface area (Å²) in [7, 11) is 1.52. The molecule has 0 aliphatic carbocycles. The van der Waals surface area contributed by atoms with Crippen LogP contribution in [0.2, 0.25) is 0 Å². The number of ether oxygens (including phenoxy) is 3. The van der Waals surface area contributed by atoms with E-state index >= 15 is 0 Å². The Morgan fingerprint density at radius 1 is 0.933 bits per heavy atom. The molecule has 2 atom stereocenters. The highest BCUT2D eigenvalue weighted by molar-refractivity contribution is 5.79. The fourth-order valence-corrected chi connectivity index (χ4v) is 3.16. The highest BCUT2D eigenvalue weighted by atomic mass is 16.6. The summed E-state index contributed by atoms with van der Waals surface area (Å²) in [5, 5.41) is 3.76. The summed E-state index contributed by atoms with van der Waals surface area (Å²) in [6, 6.07) is 11.8. The average molecular weight is 412 g/mol. The third kappa shape index (κ3) is 7.47. The van der Waals surface area contributed by atoms with Gasteiger partial charge in [0, 0.05) is 6.42 Å². The van der Waals surface area contributed by atoms with Crippen LogP contribution in [-0.4, -0.2) is 32.1 Å². The van der Waals surface area contributed by atoms with E-state index in [0.29, 0.717) is 6.61 Å². The highest BCUT2D eigenvalue weighted by Gasteiger charge is 2.15. The SMILES string of the molecule is C/C=C/COc1cc(C)c(OC(C)CC(C)Oc2ccc(/C=N/OC)cc2)c(C)c1. The third-order valence-corrected chi connectivity index (χ3v) is 4.52. The van der Waals surface area contributed by atoms with E-state index in [1.807, 2.05) is 69.3 Å². The van der Waals surface area contributed by atoms with Crippen molar-refractivity contribution < 1.29 is 19.0 Å². The van der Waals surface area contributed by atoms with Gasteiger partial charge in [-0.15, -0.1) is 0 Å². The molecule has 2 unspecified atom stereocenters. The van der Waals surface area contributed by atoms with Crippen LogP contribution in [0.1, 0.15) is 43.9 Å². The normalized spacial score (nSPS) is 13.4. The fourth-order valence-electron chi connectivity index (χ4n) is 3.16. The Morgan fingerprint density at radius 3 is 2.17 bits per heavy atom. The lowest BCUT2D eigenvalue weighted by Crippen LogP contribution is -2.23. The number of allylic oxidation sites excluding steroid dienone is 1. The predicted octanol–water partition coefficient (Wildman–Crippen LogP) is 5.86. The van der Waals surface area contributed by atoms with E-state index in [9.17, 15) is 0 Å². The van der Waals surface area contributed by atoms with Crippen molar-refractivity contribution in [1.82, 2.24) is 0 Å². The summed E-state index contributed by atoms with van der Waals surface area (Å²) in [4.78, 5) is 4.69. The Balaban J connectivity index is 1.91. The van der Waals surface area contributed by atoms with Gasteiger partial charge in [0.15, 0.2) is 0 Å². The molecule has 30 heavy (non-hydrogen) atoms. The van der Waals surface area contributed by atoms with Crippen molar-refractivity contribution in [2.24, 2.45) is 5.16 Å². The molecule has 0 N–H and O–H groups in total. The van der Waals surface area contributed by atoms with Crippen LogP contribution in [0, 0.1) is 13.8 Å². The molecule has 2 aromatic rings. The predicted molar refractivity (Wildman–Crippen MR) is 122 cm³/mol. The molecule has 5 nitrogen and oxygen atoms in total. The summed E-state index contributed by atoms with van der Waals surface area (Å²) >= 11 is 0. The van der Waals surface area contributed by atoms with E-state index in [4.69, 9.17) is 19.0 Å². The van der Waals surface area contributed by atoms with Gasteiger partial charge in [-0.05, 0) is 87.7 Å². The summed E-state index contributed by atoms with van der Waals surface area (Å²) in [6.45, 7) is 10.8. The zero-order valence-corrected chi connectivity index (χ0v) is 18.8. The van der Waals surface area contributed by atoms with Gasteiger partial charge in [0.2, 0.25) is 0 Å². The minimum atomic E-state index is 0.0142. The van der Waals surface area contributed by atoms with E-state index in [-0.39, 0.29) is 12.2 Å². The van der Waals surface area contributed by atoms with Crippen molar-refractivity contribution in [1.29, 1.82) is 0 Å². The summed E-state index contributed by atoms with van der Waals surface area (Å²) in [6.07, 6.45) is 6.42. The van der Waals surface area contributed by atoms with Crippen LogP contribution in [0.4, 0.5) is 0 Å². The van der Waals surface area contributed by atoms with Gasteiger partial charge in [0.1, 0.15) is 31.0 Å². The van der Waals surface area contributed by atoms with Crippen molar-refractivity contribution in [2.75, 3.05) is 13.7 Å². The van der Waals surface area contributed by atoms with Gasteiger partial charge in [0.25, 0.3) is 0 Å². The van der Waals surface area contributed by atoms with Gasteiger partial charge >= 0.3 is 0 Å². The molecule has 0 aliphatic rings. The highest BCUT2D eigenvalue weighted by Crippen LogP contribution is 2.30. The zero-order chi connectivity index (χ0) is 21.9. The van der Waals surface area contributed by atoms with Crippen LogP contribution in [0.5, 0.6) is 17.2 Å². The first-order valence-corrected chi connectivity index (χ1v) is 10.3. The number of oxime groups is 1. The Morgan fingerprint density at radius 2 is 1.57 bits per heavy atom. The van der Waals surface area contributed by atoms with Gasteiger partial charge in [0.05, 0.1) is 18.4 Å². The summed E-state index contributed by atoms with van der Waals surface area (Å²) in [5.74, 6) is 2.59. The van der Waals surface area contributed by atoms with E-state index in [2.05, 4.69) is 19.0 Å². The number of benzene rings is 2. The van der Waals surface area contributed by atoms with Gasteiger partial charge in [-0.25, -0.2) is 0 Å². The number of hydrogen-bond donors (Lipinski definition) is 0. The summed E-state index contributed by atoms with van der Waals surface area (Å²) in [5.41, 5.74) is 3.09. The smallest absolute Gasteiger partial charge is 0.125 e. The fraction of sp³-hybridized carbons (Fsp3) is 0.400. The molecule has 2 rings (SSSR count). The van der Waals surface area contributed by atoms with E-state index in [1.54, 1.807) is 6.21 Å². The molecule has 0 aromatic heterocycles. The minimum Gasteiger partial charge on any atom is -0.491 e. The maximum absolute atomic E-state index is 6.25. The molecule has 2 aromatic carbocycles. The van der Waals surface area contributed by atoms with Crippen LogP contribution < -0.4 is 14.2 Å². The molecule has 0 bridgehead atoms. The molecule has 0 amide bonds. The number of nitrogens with zero attached hydrogens (tertiary/aromatic N) is 1. The zero-order valence-electron chi connectivity index (χ0n) is 18.8. The van der Waals surface area contributed by atoms with Crippen LogP contribution in [0.15, 0.2) is 53.7 Å². The maximum Gasteiger partial charge on any atom is 0.125 e. The molecule has 0 saturated heterocycles. The molecular formula is C25H33NO4. The second-order valence-corrected chi connectivity index (χ2v) is 7.34. The monoisotopic (exact) mass is 411 g/mol. The van der Waals surface area contributed by atoms with Crippen LogP contribution >= 0.6 is 0 Å². The first kappa shape index (κ1) is 23.3. The third-order valence-electron chi connectivity index (χ3n) is 4.52. The van der Waals surface area contributed by atoms with Crippen molar-refractivity contribution in [3.63, 3.8) is 0 Å². The molecule has 0 saturated carbocycles. The second-order valence-electron chi connectivity index (χ2n) is 7.34. The van der Waals surface area contributed by atoms with Crippen molar-refractivity contribution in [2.45, 2.75) is 53.2 Å². The first-order valence-electron chi connectivity index (χ1n) is 10.3. The molecule has 0 aliphatic heterocycles. The molecular weight excluding hydrogens is 378 g/mol. The number of aryl methyl sites for hydroxylation is 2. The van der Waals surface area contributed by atoms with E-state index in [1.165, 1.54) is 7.11 Å². The van der Waals surface area contributed by atoms with E-state index in [0.717, 1.165) is 40.4 Å². The molecule has 162 valence electrons. The van der Waals surface area contributed by atoms with E-state index < -0.39 is 0 Å². The first-order chi connectivity index (χ1) is 14.4.